The van der Waals surface area contributed by atoms with Crippen LogP contribution in [0.1, 0.15) is 19.7 Å². The van der Waals surface area contributed by atoms with Gasteiger partial charge in [-0.1, -0.05) is 25.4 Å². The molecule has 0 saturated carbocycles. The predicted octanol–water partition coefficient (Wildman–Crippen LogP) is 2.91. The molecule has 0 aliphatic carbocycles. The molecule has 0 saturated heterocycles. The second kappa shape index (κ2) is 5.23. The summed E-state index contributed by atoms with van der Waals surface area (Å²) in [5.74, 6) is 3.34. The average molecular weight is 271 g/mol. The highest BCUT2D eigenvalue weighted by molar-refractivity contribution is 7.98. The molecule has 6 heteroatoms. The number of aromatic nitrogens is 4. The Hall–Kier alpha value is -0.810. The molecule has 0 unspecified atom stereocenters. The van der Waals surface area contributed by atoms with Crippen molar-refractivity contribution >= 4 is 34.4 Å². The van der Waals surface area contributed by atoms with Gasteiger partial charge in [-0.05, 0) is 11.7 Å². The van der Waals surface area contributed by atoms with Crippen LogP contribution in [-0.4, -0.2) is 25.5 Å². The molecule has 0 radical (unpaired) electrons. The molecule has 17 heavy (non-hydrogen) atoms. The summed E-state index contributed by atoms with van der Waals surface area (Å²) in [7, 11) is 1.86. The van der Waals surface area contributed by atoms with Gasteiger partial charge in [-0.25, -0.2) is 9.97 Å². The molecule has 2 aromatic rings. The monoisotopic (exact) mass is 270 g/mol. The highest BCUT2D eigenvalue weighted by Crippen LogP contribution is 2.21. The number of halogens is 1. The summed E-state index contributed by atoms with van der Waals surface area (Å²) in [5, 5.41) is 5.43. The zero-order valence-corrected chi connectivity index (χ0v) is 11.7. The second-order valence-electron chi connectivity index (χ2n) is 4.35. The fourth-order valence-corrected chi connectivity index (χ4v) is 2.61. The Bertz CT molecular complexity index is 523. The minimum atomic E-state index is 0.489. The molecule has 4 nitrogen and oxygen atoms in total. The molecule has 2 rings (SSSR count). The van der Waals surface area contributed by atoms with Gasteiger partial charge in [0.05, 0.1) is 17.3 Å². The highest BCUT2D eigenvalue weighted by atomic mass is 35.5. The highest BCUT2D eigenvalue weighted by Gasteiger charge is 2.09. The summed E-state index contributed by atoms with van der Waals surface area (Å²) < 4.78 is 1.72. The van der Waals surface area contributed by atoms with Gasteiger partial charge in [0.1, 0.15) is 11.0 Å². The molecule has 0 fully saturated rings. The van der Waals surface area contributed by atoms with Crippen LogP contribution >= 0.6 is 23.4 Å². The van der Waals surface area contributed by atoms with Gasteiger partial charge in [0.2, 0.25) is 0 Å². The van der Waals surface area contributed by atoms with E-state index < -0.39 is 0 Å². The maximum atomic E-state index is 6.10. The van der Waals surface area contributed by atoms with Crippen molar-refractivity contribution in [1.82, 2.24) is 19.7 Å². The van der Waals surface area contributed by atoms with E-state index in [2.05, 4.69) is 28.9 Å². The number of hydrogen-bond donors (Lipinski definition) is 0. The topological polar surface area (TPSA) is 43.6 Å². The van der Waals surface area contributed by atoms with Gasteiger partial charge >= 0.3 is 0 Å². The lowest BCUT2D eigenvalue weighted by atomic mass is 10.3. The van der Waals surface area contributed by atoms with Gasteiger partial charge in [-0.15, -0.1) is 0 Å². The minimum Gasteiger partial charge on any atom is -0.250 e. The lowest BCUT2D eigenvalue weighted by Crippen LogP contribution is -1.99. The Labute approximate surface area is 110 Å². The van der Waals surface area contributed by atoms with Crippen molar-refractivity contribution in [3.63, 3.8) is 0 Å². The number of hydrogen-bond acceptors (Lipinski definition) is 4. The van der Waals surface area contributed by atoms with Gasteiger partial charge in [-0.2, -0.15) is 16.9 Å². The zero-order valence-electron chi connectivity index (χ0n) is 10.1. The van der Waals surface area contributed by atoms with E-state index in [1.807, 2.05) is 18.8 Å². The normalized spacial score (nSPS) is 11.6. The van der Waals surface area contributed by atoms with Crippen molar-refractivity contribution in [2.75, 3.05) is 5.75 Å². The SMILES string of the molecule is CC(C)CSCc1nc(Cl)c2cnn(C)c2n1. The quantitative estimate of drug-likeness (QED) is 0.802. The van der Waals surface area contributed by atoms with Crippen LogP contribution in [0.25, 0.3) is 11.0 Å². The summed E-state index contributed by atoms with van der Waals surface area (Å²) in [4.78, 5) is 8.77. The second-order valence-corrected chi connectivity index (χ2v) is 5.73. The summed E-state index contributed by atoms with van der Waals surface area (Å²) >= 11 is 7.93. The van der Waals surface area contributed by atoms with Crippen LogP contribution in [0.4, 0.5) is 0 Å². The first-order valence-corrected chi connectivity index (χ1v) is 7.03. The van der Waals surface area contributed by atoms with Crippen LogP contribution in [-0.2, 0) is 12.8 Å². The molecule has 0 amide bonds. The Morgan fingerprint density at radius 1 is 1.41 bits per heavy atom. The van der Waals surface area contributed by atoms with Crippen LogP contribution in [0.15, 0.2) is 6.20 Å². The first-order chi connectivity index (χ1) is 8.08. The average Bonchev–Trinajstić information content (AvgIpc) is 2.61. The van der Waals surface area contributed by atoms with Crippen LogP contribution in [0.2, 0.25) is 5.15 Å². The Balaban J connectivity index is 2.20. The first kappa shape index (κ1) is 12.6. The van der Waals surface area contributed by atoms with Crippen molar-refractivity contribution in [3.8, 4) is 0 Å². The van der Waals surface area contributed by atoms with E-state index in [1.165, 1.54) is 0 Å². The van der Waals surface area contributed by atoms with Crippen molar-refractivity contribution in [1.29, 1.82) is 0 Å². The third-order valence-electron chi connectivity index (χ3n) is 2.27. The number of thioether (sulfide) groups is 1. The van der Waals surface area contributed by atoms with Gasteiger partial charge in [-0.3, -0.25) is 4.68 Å². The van der Waals surface area contributed by atoms with Crippen molar-refractivity contribution in [3.05, 3.63) is 17.2 Å². The maximum absolute atomic E-state index is 6.10. The van der Waals surface area contributed by atoms with Crippen LogP contribution in [0, 0.1) is 5.92 Å². The third-order valence-corrected chi connectivity index (χ3v) is 3.93. The largest absolute Gasteiger partial charge is 0.250 e. The molecule has 0 aliphatic rings. The minimum absolute atomic E-state index is 0.489. The smallest absolute Gasteiger partial charge is 0.162 e. The number of nitrogens with zero attached hydrogens (tertiary/aromatic N) is 4. The van der Waals surface area contributed by atoms with Crippen molar-refractivity contribution in [2.45, 2.75) is 19.6 Å². The fourth-order valence-electron chi connectivity index (χ4n) is 1.48. The van der Waals surface area contributed by atoms with Crippen LogP contribution < -0.4 is 0 Å². The first-order valence-electron chi connectivity index (χ1n) is 5.49. The van der Waals surface area contributed by atoms with E-state index >= 15 is 0 Å². The van der Waals surface area contributed by atoms with Crippen LogP contribution in [0.5, 0.6) is 0 Å². The number of fused-ring (bicyclic) bond motifs is 1. The molecule has 0 bridgehead atoms. The molecule has 92 valence electrons. The predicted molar refractivity (Wildman–Crippen MR) is 72.3 cm³/mol. The van der Waals surface area contributed by atoms with Gasteiger partial charge < -0.3 is 0 Å². The summed E-state index contributed by atoms with van der Waals surface area (Å²) in [6, 6.07) is 0. The molecule has 2 heterocycles. The van der Waals surface area contributed by atoms with Crippen molar-refractivity contribution in [2.24, 2.45) is 13.0 Å². The summed E-state index contributed by atoms with van der Waals surface area (Å²) in [6.07, 6.45) is 1.70. The number of rotatable bonds is 4. The van der Waals surface area contributed by atoms with E-state index in [9.17, 15) is 0 Å². The van der Waals surface area contributed by atoms with E-state index in [0.717, 1.165) is 28.4 Å². The maximum Gasteiger partial charge on any atom is 0.162 e. The third kappa shape index (κ3) is 2.90. The molecule has 0 atom stereocenters. The number of aryl methyl sites for hydroxylation is 1. The lowest BCUT2D eigenvalue weighted by Gasteiger charge is -2.04. The summed E-state index contributed by atoms with van der Waals surface area (Å²) in [5.41, 5.74) is 0.796. The van der Waals surface area contributed by atoms with Crippen molar-refractivity contribution < 1.29 is 0 Å². The van der Waals surface area contributed by atoms with E-state index in [-0.39, 0.29) is 0 Å². The zero-order chi connectivity index (χ0) is 12.4. The lowest BCUT2D eigenvalue weighted by molar-refractivity contribution is 0.749. The molecule has 0 spiro atoms. The van der Waals surface area contributed by atoms with E-state index in [4.69, 9.17) is 11.6 Å². The Morgan fingerprint density at radius 3 is 2.88 bits per heavy atom. The molecule has 2 aromatic heterocycles. The van der Waals surface area contributed by atoms with Gasteiger partial charge in [0.15, 0.2) is 5.65 Å². The Morgan fingerprint density at radius 2 is 2.18 bits per heavy atom. The Kier molecular flexibility index (Phi) is 3.89. The van der Waals surface area contributed by atoms with Crippen LogP contribution in [0.3, 0.4) is 0 Å². The van der Waals surface area contributed by atoms with E-state index in [1.54, 1.807) is 10.9 Å². The van der Waals surface area contributed by atoms with Gasteiger partial charge in [0.25, 0.3) is 0 Å². The molecule has 0 aromatic carbocycles. The molecule has 0 N–H and O–H groups in total. The summed E-state index contributed by atoms with van der Waals surface area (Å²) in [6.45, 7) is 4.40. The molecular formula is C11H15ClN4S. The molecular weight excluding hydrogens is 256 g/mol. The fraction of sp³-hybridized carbons (Fsp3) is 0.545. The van der Waals surface area contributed by atoms with Gasteiger partial charge in [0, 0.05) is 7.05 Å². The standard InChI is InChI=1S/C11H15ClN4S/c1-7(2)5-17-6-9-14-10(12)8-4-13-16(3)11(8)15-9/h4,7H,5-6H2,1-3H3. The molecule has 0 aliphatic heterocycles. The van der Waals surface area contributed by atoms with E-state index in [0.29, 0.717) is 11.1 Å².